The molecule has 2 rings (SSSR count). The van der Waals surface area contributed by atoms with Crippen LogP contribution in [0.1, 0.15) is 35.3 Å². The molecule has 0 spiro atoms. The fourth-order valence-electron chi connectivity index (χ4n) is 2.75. The Hall–Kier alpha value is -2.24. The molecule has 0 saturated carbocycles. The van der Waals surface area contributed by atoms with Crippen LogP contribution in [-0.4, -0.2) is 16.7 Å². The molecule has 1 atom stereocenters. The van der Waals surface area contributed by atoms with Crippen molar-refractivity contribution in [2.75, 3.05) is 0 Å². The molecule has 5 heteroatoms. The largest absolute Gasteiger partial charge is 0.600 e. The van der Waals surface area contributed by atoms with E-state index in [9.17, 15) is 14.8 Å². The number of hydrogen-bond donors (Lipinski definition) is 1. The second-order valence-electron chi connectivity index (χ2n) is 5.81. The van der Waals surface area contributed by atoms with E-state index in [-0.39, 0.29) is 23.0 Å². The molecule has 1 unspecified atom stereocenters. The van der Waals surface area contributed by atoms with E-state index in [1.165, 1.54) is 6.20 Å². The second-order valence-corrected chi connectivity index (χ2v) is 5.81. The van der Waals surface area contributed by atoms with E-state index in [2.05, 4.69) is 6.58 Å². The van der Waals surface area contributed by atoms with Crippen molar-refractivity contribution in [3.05, 3.63) is 64.1 Å². The SMILES string of the molecule is C=CN1C(C(=O)c2cc(C)cc(C)c2)=C(C(C)C)C(=O)[NH+]1[O-]. The Morgan fingerprint density at radius 2 is 1.82 bits per heavy atom. The molecule has 1 aliphatic rings. The molecule has 0 saturated heterocycles. The lowest BCUT2D eigenvalue weighted by atomic mass is 9.95. The van der Waals surface area contributed by atoms with Gasteiger partial charge in [-0.25, -0.2) is 4.79 Å². The molecule has 5 nitrogen and oxygen atoms in total. The van der Waals surface area contributed by atoms with Gasteiger partial charge in [-0.15, -0.1) is 0 Å². The van der Waals surface area contributed by atoms with E-state index in [0.29, 0.717) is 5.56 Å². The Kier molecular flexibility index (Phi) is 4.30. The van der Waals surface area contributed by atoms with Crippen LogP contribution in [0.3, 0.4) is 0 Å². The highest BCUT2D eigenvalue weighted by Gasteiger charge is 2.42. The summed E-state index contributed by atoms with van der Waals surface area (Å²) in [5.41, 5.74) is 2.77. The first-order valence-corrected chi connectivity index (χ1v) is 7.15. The molecule has 0 aromatic heterocycles. The standard InChI is InChI=1S/C17H20N2O3/c1-6-18-15(14(10(2)3)17(21)19(18)22)16(20)13-8-11(4)7-12(5)9-13/h6-10,19H,1H2,2-5H3. The lowest BCUT2D eigenvalue weighted by Crippen LogP contribution is -3.13. The predicted molar refractivity (Wildman–Crippen MR) is 83.5 cm³/mol. The number of hydrogen-bond acceptors (Lipinski definition) is 4. The van der Waals surface area contributed by atoms with Crippen LogP contribution in [0.4, 0.5) is 0 Å². The summed E-state index contributed by atoms with van der Waals surface area (Å²) in [5.74, 6) is -1.16. The minimum absolute atomic E-state index is 0.130. The van der Waals surface area contributed by atoms with Crippen molar-refractivity contribution in [3.8, 4) is 0 Å². The summed E-state index contributed by atoms with van der Waals surface area (Å²) < 4.78 is 0. The van der Waals surface area contributed by atoms with Crippen molar-refractivity contribution >= 4 is 11.7 Å². The molecule has 1 aromatic rings. The molecule has 1 aliphatic heterocycles. The topological polar surface area (TPSA) is 64.9 Å². The average molecular weight is 300 g/mol. The first kappa shape index (κ1) is 16.1. The average Bonchev–Trinajstić information content (AvgIpc) is 2.69. The van der Waals surface area contributed by atoms with E-state index >= 15 is 0 Å². The number of carbonyl (C=O) groups excluding carboxylic acids is 2. The van der Waals surface area contributed by atoms with Gasteiger partial charge in [-0.05, 0) is 31.9 Å². The summed E-state index contributed by atoms with van der Waals surface area (Å²) in [6.07, 6.45) is 1.23. The molecule has 0 bridgehead atoms. The lowest BCUT2D eigenvalue weighted by molar-refractivity contribution is -0.873. The van der Waals surface area contributed by atoms with E-state index < -0.39 is 11.1 Å². The van der Waals surface area contributed by atoms with E-state index in [1.807, 2.05) is 19.9 Å². The van der Waals surface area contributed by atoms with Gasteiger partial charge >= 0.3 is 5.91 Å². The van der Waals surface area contributed by atoms with Gasteiger partial charge in [0, 0.05) is 5.56 Å². The Morgan fingerprint density at radius 3 is 2.27 bits per heavy atom. The van der Waals surface area contributed by atoms with E-state index in [4.69, 9.17) is 0 Å². The molecular formula is C17H20N2O3. The summed E-state index contributed by atoms with van der Waals surface area (Å²) in [5, 5.41) is 12.4. The number of nitrogens with one attached hydrogen (secondary N) is 1. The minimum atomic E-state index is -0.716. The van der Waals surface area contributed by atoms with Gasteiger partial charge in [0.05, 0.1) is 11.8 Å². The third-order valence-corrected chi connectivity index (χ3v) is 3.61. The Morgan fingerprint density at radius 1 is 1.27 bits per heavy atom. The van der Waals surface area contributed by atoms with Crippen LogP contribution in [0, 0.1) is 25.0 Å². The minimum Gasteiger partial charge on any atom is -0.600 e. The number of nitrogens with zero attached hydrogens (tertiary/aromatic N) is 1. The molecule has 0 radical (unpaired) electrons. The molecule has 1 aromatic carbocycles. The number of quaternary nitrogens is 1. The van der Waals surface area contributed by atoms with Crippen LogP contribution in [0.2, 0.25) is 0 Å². The number of rotatable bonds is 4. The number of amides is 1. The summed E-state index contributed by atoms with van der Waals surface area (Å²) >= 11 is 0. The van der Waals surface area contributed by atoms with Crippen molar-refractivity contribution < 1.29 is 14.8 Å². The highest BCUT2D eigenvalue weighted by Crippen LogP contribution is 2.25. The van der Waals surface area contributed by atoms with Crippen LogP contribution in [-0.2, 0) is 4.79 Å². The predicted octanol–water partition coefficient (Wildman–Crippen LogP) is 1.68. The van der Waals surface area contributed by atoms with Gasteiger partial charge in [-0.2, -0.15) is 10.2 Å². The maximum absolute atomic E-state index is 12.9. The van der Waals surface area contributed by atoms with Gasteiger partial charge < -0.3 is 5.21 Å². The number of carbonyl (C=O) groups is 2. The highest BCUT2D eigenvalue weighted by atomic mass is 16.6. The fraction of sp³-hybridized carbons (Fsp3) is 0.294. The smallest absolute Gasteiger partial charge is 0.367 e. The second kappa shape index (κ2) is 5.87. The highest BCUT2D eigenvalue weighted by molar-refractivity contribution is 6.13. The third-order valence-electron chi connectivity index (χ3n) is 3.61. The summed E-state index contributed by atoms with van der Waals surface area (Å²) in [7, 11) is 0. The fourth-order valence-corrected chi connectivity index (χ4v) is 2.75. The van der Waals surface area contributed by atoms with Crippen molar-refractivity contribution in [2.45, 2.75) is 27.7 Å². The van der Waals surface area contributed by atoms with Gasteiger partial charge in [0.2, 0.25) is 5.78 Å². The van der Waals surface area contributed by atoms with E-state index in [0.717, 1.165) is 16.1 Å². The molecule has 116 valence electrons. The number of allylic oxidation sites excluding steroid dienone is 1. The third kappa shape index (κ3) is 2.61. The number of ketones is 1. The Balaban J connectivity index is 2.61. The first-order chi connectivity index (χ1) is 10.3. The number of aryl methyl sites for hydroxylation is 2. The summed E-state index contributed by atoms with van der Waals surface area (Å²) in [6.45, 7) is 10.9. The van der Waals surface area contributed by atoms with Crippen molar-refractivity contribution in [1.29, 1.82) is 0 Å². The maximum Gasteiger partial charge on any atom is 0.367 e. The molecular weight excluding hydrogens is 280 g/mol. The van der Waals surface area contributed by atoms with Crippen LogP contribution in [0.15, 0.2) is 42.2 Å². The number of hydroxylamine groups is 1. The van der Waals surface area contributed by atoms with Crippen LogP contribution in [0.25, 0.3) is 0 Å². The first-order valence-electron chi connectivity index (χ1n) is 7.15. The van der Waals surface area contributed by atoms with Crippen LogP contribution < -0.4 is 5.17 Å². The zero-order valence-electron chi connectivity index (χ0n) is 13.3. The van der Waals surface area contributed by atoms with Crippen molar-refractivity contribution in [3.63, 3.8) is 0 Å². The van der Waals surface area contributed by atoms with Crippen LogP contribution in [0.5, 0.6) is 0 Å². The lowest BCUT2D eigenvalue weighted by Gasteiger charge is -2.24. The molecule has 0 aliphatic carbocycles. The molecule has 1 amide bonds. The van der Waals surface area contributed by atoms with Gasteiger partial charge in [-0.1, -0.05) is 37.6 Å². The summed E-state index contributed by atoms with van der Waals surface area (Å²) in [6, 6.07) is 5.48. The van der Waals surface area contributed by atoms with Gasteiger partial charge in [0.15, 0.2) is 5.70 Å². The number of benzene rings is 1. The molecule has 1 heterocycles. The van der Waals surface area contributed by atoms with Crippen LogP contribution >= 0.6 is 0 Å². The van der Waals surface area contributed by atoms with E-state index in [1.54, 1.807) is 26.0 Å². The Labute approximate surface area is 130 Å². The molecule has 22 heavy (non-hydrogen) atoms. The van der Waals surface area contributed by atoms with Gasteiger partial charge in [0.25, 0.3) is 0 Å². The number of Topliss-reactive ketones (excluding diaryl/α,β-unsaturated/α-hetero) is 1. The van der Waals surface area contributed by atoms with Gasteiger partial charge in [0.1, 0.15) is 0 Å². The monoisotopic (exact) mass is 300 g/mol. The Bertz CT molecular complexity index is 669. The molecule has 1 N–H and O–H groups in total. The zero-order chi connectivity index (χ0) is 16.6. The van der Waals surface area contributed by atoms with Gasteiger partial charge in [-0.3, -0.25) is 4.79 Å². The van der Waals surface area contributed by atoms with Crippen molar-refractivity contribution in [2.24, 2.45) is 5.92 Å². The maximum atomic E-state index is 12.9. The molecule has 0 fully saturated rings. The quantitative estimate of drug-likeness (QED) is 0.679. The van der Waals surface area contributed by atoms with Crippen molar-refractivity contribution in [1.82, 2.24) is 5.01 Å². The zero-order valence-corrected chi connectivity index (χ0v) is 13.3. The normalized spacial score (nSPS) is 18.4. The summed E-state index contributed by atoms with van der Waals surface area (Å²) in [4.78, 5) is 25.0.